The lowest BCUT2D eigenvalue weighted by Crippen LogP contribution is -2.46. The van der Waals surface area contributed by atoms with Gasteiger partial charge in [-0.25, -0.2) is 0 Å². The topological polar surface area (TPSA) is 141 Å². The van der Waals surface area contributed by atoms with Crippen LogP contribution >= 0.6 is 11.6 Å². The second-order valence-corrected chi connectivity index (χ2v) is 12.5. The largest absolute Gasteiger partial charge is 0.490 e. The molecule has 3 amide bonds. The van der Waals surface area contributed by atoms with E-state index in [0.29, 0.717) is 34.9 Å². The van der Waals surface area contributed by atoms with Crippen molar-refractivity contribution in [3.8, 4) is 11.8 Å². The minimum Gasteiger partial charge on any atom is -0.490 e. The number of benzene rings is 2. The van der Waals surface area contributed by atoms with Gasteiger partial charge in [0.25, 0.3) is 5.91 Å². The molecule has 238 valence electrons. The number of piperazine rings is 1. The maximum Gasteiger partial charge on any atom is 0.272 e. The van der Waals surface area contributed by atoms with Crippen LogP contribution in [0.2, 0.25) is 5.02 Å². The quantitative estimate of drug-likeness (QED) is 0.350. The molecule has 2 saturated heterocycles. The van der Waals surface area contributed by atoms with Crippen LogP contribution in [0.15, 0.2) is 54.6 Å². The second kappa shape index (κ2) is 14.3. The summed E-state index contributed by atoms with van der Waals surface area (Å²) < 4.78 is 6.05. The summed E-state index contributed by atoms with van der Waals surface area (Å²) in [5.41, 5.74) is 2.84. The highest BCUT2D eigenvalue weighted by atomic mass is 35.5. The number of rotatable bonds is 8. The smallest absolute Gasteiger partial charge is 0.272 e. The number of imide groups is 1. The van der Waals surface area contributed by atoms with Gasteiger partial charge in [0.15, 0.2) is 11.5 Å². The van der Waals surface area contributed by atoms with Crippen molar-refractivity contribution < 1.29 is 19.1 Å². The molecule has 3 aromatic rings. The van der Waals surface area contributed by atoms with E-state index in [0.717, 1.165) is 69.8 Å². The predicted molar refractivity (Wildman–Crippen MR) is 171 cm³/mol. The lowest BCUT2D eigenvalue weighted by Gasteiger charge is -2.35. The van der Waals surface area contributed by atoms with Gasteiger partial charge in [-0.15, -0.1) is 10.2 Å². The number of anilines is 1. The van der Waals surface area contributed by atoms with Crippen LogP contribution in [0, 0.1) is 11.3 Å². The van der Waals surface area contributed by atoms with Gasteiger partial charge in [-0.05, 0) is 67.5 Å². The summed E-state index contributed by atoms with van der Waals surface area (Å²) in [6, 6.07) is 18.9. The minimum atomic E-state index is -0.267. The van der Waals surface area contributed by atoms with E-state index in [4.69, 9.17) is 21.6 Å². The molecule has 46 heavy (non-hydrogen) atoms. The zero-order valence-corrected chi connectivity index (χ0v) is 26.2. The highest BCUT2D eigenvalue weighted by Crippen LogP contribution is 2.28. The summed E-state index contributed by atoms with van der Waals surface area (Å²) in [6.07, 6.45) is 4.14. The molecule has 2 aliphatic heterocycles. The van der Waals surface area contributed by atoms with Crippen LogP contribution < -0.4 is 20.3 Å². The standard InChI is InChI=1S/C34H36ClN7O4/c35-29-19-27(8-5-24(29)20-36)46-26-9-6-25(7-10-26)37-34(45)30-12-13-31(40-39-30)42-17-15-41(16-18-42)21-22-1-3-23(4-2-22)28-11-14-32(43)38-33(28)44/h1-5,8,12-13,19,25-26,28H,6-7,9-11,14-18,21H2,(H,37,45)(H,38,43,44). The molecular formula is C34H36ClN7O4. The summed E-state index contributed by atoms with van der Waals surface area (Å²) in [4.78, 5) is 41.1. The number of piperidine rings is 1. The van der Waals surface area contributed by atoms with Gasteiger partial charge in [-0.1, -0.05) is 35.9 Å². The van der Waals surface area contributed by atoms with Gasteiger partial charge in [-0.2, -0.15) is 5.26 Å². The highest BCUT2D eigenvalue weighted by Gasteiger charge is 2.28. The van der Waals surface area contributed by atoms with Crippen molar-refractivity contribution in [1.29, 1.82) is 5.26 Å². The van der Waals surface area contributed by atoms with Gasteiger partial charge in [-0.3, -0.25) is 24.6 Å². The number of halogens is 1. The number of carbonyl (C=O) groups excluding carboxylic acids is 3. The number of nitrogens with one attached hydrogen (secondary N) is 2. The predicted octanol–water partition coefficient (Wildman–Crippen LogP) is 3.96. The van der Waals surface area contributed by atoms with E-state index in [2.05, 4.69) is 42.8 Å². The minimum absolute atomic E-state index is 0.0298. The molecule has 6 rings (SSSR count). The van der Waals surface area contributed by atoms with E-state index in [9.17, 15) is 14.4 Å². The third kappa shape index (κ3) is 7.63. The Kier molecular flexibility index (Phi) is 9.76. The Morgan fingerprint density at radius 3 is 2.39 bits per heavy atom. The van der Waals surface area contributed by atoms with E-state index in [1.165, 1.54) is 5.56 Å². The number of nitriles is 1. The fourth-order valence-electron chi connectivity index (χ4n) is 6.31. The summed E-state index contributed by atoms with van der Waals surface area (Å²) in [7, 11) is 0. The first-order valence-corrected chi connectivity index (χ1v) is 16.1. The van der Waals surface area contributed by atoms with Gasteiger partial charge < -0.3 is 15.0 Å². The summed E-state index contributed by atoms with van der Waals surface area (Å²) >= 11 is 6.12. The Bertz CT molecular complexity index is 1610. The van der Waals surface area contributed by atoms with Crippen LogP contribution in [0.3, 0.4) is 0 Å². The number of amides is 3. The summed E-state index contributed by atoms with van der Waals surface area (Å²) in [5.74, 6) is 0.494. The Labute approximate surface area is 272 Å². The zero-order chi connectivity index (χ0) is 32.0. The molecular weight excluding hydrogens is 606 g/mol. The van der Waals surface area contributed by atoms with Crippen molar-refractivity contribution in [2.24, 2.45) is 0 Å². The molecule has 1 aromatic heterocycles. The maximum absolute atomic E-state index is 12.9. The first-order valence-electron chi connectivity index (χ1n) is 15.8. The van der Waals surface area contributed by atoms with Crippen molar-refractivity contribution in [1.82, 2.24) is 25.7 Å². The highest BCUT2D eigenvalue weighted by molar-refractivity contribution is 6.31. The second-order valence-electron chi connectivity index (χ2n) is 12.1. The van der Waals surface area contributed by atoms with Gasteiger partial charge in [0.05, 0.1) is 22.6 Å². The molecule has 3 fully saturated rings. The number of hydrogen-bond acceptors (Lipinski definition) is 9. The lowest BCUT2D eigenvalue weighted by atomic mass is 9.90. The SMILES string of the molecule is N#Cc1ccc(OC2CCC(NC(=O)c3ccc(N4CCN(Cc5ccc(C6CCC(=O)NC6=O)cc5)CC4)nn3)CC2)cc1Cl. The number of hydrogen-bond donors (Lipinski definition) is 2. The first kappa shape index (κ1) is 31.5. The van der Waals surface area contributed by atoms with Gasteiger partial charge in [0.1, 0.15) is 11.8 Å². The Hall–Kier alpha value is -4.53. The van der Waals surface area contributed by atoms with E-state index in [1.54, 1.807) is 24.3 Å². The Morgan fingerprint density at radius 1 is 0.978 bits per heavy atom. The van der Waals surface area contributed by atoms with Crippen LogP contribution in [-0.2, 0) is 16.1 Å². The third-order valence-corrected chi connectivity index (χ3v) is 9.29. The van der Waals surface area contributed by atoms with Crippen LogP contribution in [0.1, 0.15) is 71.6 Å². The molecule has 2 N–H and O–H groups in total. The van der Waals surface area contributed by atoms with Crippen LogP contribution in [0.25, 0.3) is 0 Å². The molecule has 1 aliphatic carbocycles. The summed E-state index contributed by atoms with van der Waals surface area (Å²) in [6.45, 7) is 4.14. The Balaban J connectivity index is 0.923. The van der Waals surface area contributed by atoms with Gasteiger partial charge >= 0.3 is 0 Å². The molecule has 3 aliphatic rings. The average molecular weight is 642 g/mol. The molecule has 0 bridgehead atoms. The number of nitrogens with zero attached hydrogens (tertiary/aromatic N) is 5. The first-order chi connectivity index (χ1) is 22.3. The third-order valence-electron chi connectivity index (χ3n) is 8.98. The van der Waals surface area contributed by atoms with Crippen molar-refractivity contribution in [2.45, 2.75) is 63.1 Å². The van der Waals surface area contributed by atoms with Crippen molar-refractivity contribution in [3.05, 3.63) is 82.0 Å². The van der Waals surface area contributed by atoms with Gasteiger partial charge in [0, 0.05) is 51.3 Å². The fraction of sp³-hybridized carbons (Fsp3) is 0.412. The van der Waals surface area contributed by atoms with Gasteiger partial charge in [0.2, 0.25) is 11.8 Å². The molecule has 1 atom stereocenters. The monoisotopic (exact) mass is 641 g/mol. The van der Waals surface area contributed by atoms with Crippen LogP contribution in [0.5, 0.6) is 5.75 Å². The van der Waals surface area contributed by atoms with E-state index < -0.39 is 0 Å². The molecule has 0 radical (unpaired) electrons. The molecule has 0 spiro atoms. The average Bonchev–Trinajstić information content (AvgIpc) is 3.07. The number of ether oxygens (including phenoxy) is 1. The molecule has 1 unspecified atom stereocenters. The van der Waals surface area contributed by atoms with Crippen LogP contribution in [0.4, 0.5) is 5.82 Å². The zero-order valence-electron chi connectivity index (χ0n) is 25.5. The van der Waals surface area contributed by atoms with Crippen molar-refractivity contribution in [3.63, 3.8) is 0 Å². The van der Waals surface area contributed by atoms with E-state index >= 15 is 0 Å². The van der Waals surface area contributed by atoms with Crippen molar-refractivity contribution >= 4 is 35.1 Å². The molecule has 3 heterocycles. The summed E-state index contributed by atoms with van der Waals surface area (Å²) in [5, 5.41) is 23.5. The van der Waals surface area contributed by atoms with E-state index in [1.807, 2.05) is 24.3 Å². The molecule has 1 saturated carbocycles. The number of aromatic nitrogens is 2. The fourth-order valence-corrected chi connectivity index (χ4v) is 6.52. The molecule has 2 aromatic carbocycles. The molecule has 11 nitrogen and oxygen atoms in total. The van der Waals surface area contributed by atoms with E-state index in [-0.39, 0.29) is 35.8 Å². The number of carbonyl (C=O) groups is 3. The lowest BCUT2D eigenvalue weighted by molar-refractivity contribution is -0.134. The van der Waals surface area contributed by atoms with Crippen LogP contribution in [-0.4, -0.2) is 71.1 Å². The molecule has 12 heteroatoms. The Morgan fingerprint density at radius 2 is 1.74 bits per heavy atom. The normalized spacial score (nSPS) is 22.1. The van der Waals surface area contributed by atoms with Crippen molar-refractivity contribution in [2.75, 3.05) is 31.1 Å². The maximum atomic E-state index is 12.9.